The second-order valence-corrected chi connectivity index (χ2v) is 9.96. The van der Waals surface area contributed by atoms with Crippen LogP contribution < -0.4 is 5.73 Å². The molecular weight excluding hydrogens is 418 g/mol. The van der Waals surface area contributed by atoms with E-state index < -0.39 is 22.8 Å². The van der Waals surface area contributed by atoms with Crippen LogP contribution in [0.5, 0.6) is 0 Å². The van der Waals surface area contributed by atoms with Gasteiger partial charge in [-0.25, -0.2) is 18.7 Å². The summed E-state index contributed by atoms with van der Waals surface area (Å²) < 4.78 is 41.5. The first-order chi connectivity index (χ1) is 14.8. The van der Waals surface area contributed by atoms with Crippen molar-refractivity contribution in [3.05, 3.63) is 46.9 Å². The number of unbranched alkanes of at least 4 members (excludes halogenated alkanes) is 2. The number of imidazole rings is 1. The number of nitrogens with zero attached hydrogens (tertiary/aromatic N) is 3. The number of halogens is 2. The number of nitrogen functional groups attached to an aromatic ring is 1. The molecule has 1 unspecified atom stereocenters. The predicted octanol–water partition coefficient (Wildman–Crippen LogP) is 4.84. The summed E-state index contributed by atoms with van der Waals surface area (Å²) >= 11 is -1.47. The molecule has 8 heteroatoms. The van der Waals surface area contributed by atoms with E-state index in [1.165, 1.54) is 18.9 Å². The molecule has 1 fully saturated rings. The molecule has 0 bridgehead atoms. The number of hydrogen-bond acceptors (Lipinski definition) is 4. The Balaban J connectivity index is 1.41. The Morgan fingerprint density at radius 3 is 2.65 bits per heavy atom. The van der Waals surface area contributed by atoms with Gasteiger partial charge >= 0.3 is 0 Å². The first-order valence-corrected chi connectivity index (χ1v) is 12.1. The zero-order chi connectivity index (χ0) is 22.1. The van der Waals surface area contributed by atoms with Gasteiger partial charge in [-0.2, -0.15) is 0 Å². The van der Waals surface area contributed by atoms with Crippen LogP contribution in [0.4, 0.5) is 14.6 Å². The lowest BCUT2D eigenvalue weighted by Crippen LogP contribution is -2.10. The maximum absolute atomic E-state index is 13.8. The fourth-order valence-electron chi connectivity index (χ4n) is 3.97. The Morgan fingerprint density at radius 1 is 1.16 bits per heavy atom. The number of aromatic nitrogens is 3. The normalized spacial score (nSPS) is 15.0. The maximum atomic E-state index is 13.8. The fraction of sp³-hybridized carbons (Fsp3) is 0.478. The summed E-state index contributed by atoms with van der Waals surface area (Å²) in [7, 11) is 0. The summed E-state index contributed by atoms with van der Waals surface area (Å²) in [4.78, 5) is 9.34. The van der Waals surface area contributed by atoms with E-state index in [-0.39, 0.29) is 4.90 Å². The SMILES string of the molecule is Cc1nc(N)c2nc(CC3CC3)n(CCCCC[S+]([O-])c3ccc(F)cc3F)c2c1C. The van der Waals surface area contributed by atoms with E-state index in [0.717, 1.165) is 66.1 Å². The Hall–Kier alpha value is -2.19. The third-order valence-corrected chi connectivity index (χ3v) is 7.48. The minimum atomic E-state index is -1.47. The quantitative estimate of drug-likeness (QED) is 0.377. The highest BCUT2D eigenvalue weighted by Crippen LogP contribution is 2.35. The lowest BCUT2D eigenvalue weighted by atomic mass is 10.2. The van der Waals surface area contributed by atoms with Crippen molar-refractivity contribution in [3.8, 4) is 0 Å². The Bertz CT molecular complexity index is 1100. The van der Waals surface area contributed by atoms with Crippen molar-refractivity contribution in [1.82, 2.24) is 14.5 Å². The second-order valence-electron chi connectivity index (χ2n) is 8.42. The Labute approximate surface area is 184 Å². The van der Waals surface area contributed by atoms with Gasteiger partial charge < -0.3 is 14.9 Å². The molecule has 0 amide bonds. The zero-order valence-electron chi connectivity index (χ0n) is 18.0. The maximum Gasteiger partial charge on any atom is 0.188 e. The van der Waals surface area contributed by atoms with Crippen LogP contribution in [0.25, 0.3) is 11.0 Å². The van der Waals surface area contributed by atoms with Gasteiger partial charge in [-0.15, -0.1) is 0 Å². The molecule has 1 aromatic carbocycles. The van der Waals surface area contributed by atoms with Crippen LogP contribution in [0, 0.1) is 31.4 Å². The van der Waals surface area contributed by atoms with Gasteiger partial charge in [0, 0.05) is 24.7 Å². The lowest BCUT2D eigenvalue weighted by Gasteiger charge is -2.13. The molecule has 5 nitrogen and oxygen atoms in total. The molecule has 1 aliphatic carbocycles. The number of pyridine rings is 1. The smallest absolute Gasteiger partial charge is 0.188 e. The molecule has 3 aromatic rings. The number of rotatable bonds is 9. The molecule has 166 valence electrons. The first kappa shape index (κ1) is 22.0. The van der Waals surface area contributed by atoms with Gasteiger partial charge in [-0.05, 0) is 80.7 Å². The van der Waals surface area contributed by atoms with Gasteiger partial charge in [0.15, 0.2) is 16.5 Å². The largest absolute Gasteiger partial charge is 0.611 e. The van der Waals surface area contributed by atoms with E-state index in [9.17, 15) is 13.3 Å². The number of benzene rings is 1. The number of fused-ring (bicyclic) bond motifs is 1. The van der Waals surface area contributed by atoms with Crippen molar-refractivity contribution < 1.29 is 13.3 Å². The standard InChI is InChI=1S/C23H28F2N4OS/c1-14-15(2)27-23(26)21-22(14)29(20(28-21)12-16-6-7-16)10-4-3-5-11-31(30)19-9-8-17(24)13-18(19)25/h8-9,13,16H,3-7,10-12H2,1-2H3,(H2,26,27). The summed E-state index contributed by atoms with van der Waals surface area (Å²) in [5.74, 6) is 1.21. The van der Waals surface area contributed by atoms with Gasteiger partial charge in [-0.3, -0.25) is 0 Å². The summed E-state index contributed by atoms with van der Waals surface area (Å²) in [5, 5.41) is 0. The molecule has 4 rings (SSSR count). The van der Waals surface area contributed by atoms with Crippen LogP contribution in [0.2, 0.25) is 0 Å². The molecule has 0 radical (unpaired) electrons. The summed E-state index contributed by atoms with van der Waals surface area (Å²) in [6, 6.07) is 3.20. The summed E-state index contributed by atoms with van der Waals surface area (Å²) in [5.41, 5.74) is 10.0. The van der Waals surface area contributed by atoms with Gasteiger partial charge in [-0.1, -0.05) is 0 Å². The van der Waals surface area contributed by atoms with E-state index >= 15 is 0 Å². The average Bonchev–Trinajstić information content (AvgIpc) is 3.45. The highest BCUT2D eigenvalue weighted by Gasteiger charge is 2.26. The number of aryl methyl sites for hydroxylation is 3. The van der Waals surface area contributed by atoms with Crippen LogP contribution in [0.15, 0.2) is 23.1 Å². The highest BCUT2D eigenvalue weighted by atomic mass is 32.2. The number of anilines is 1. The van der Waals surface area contributed by atoms with Crippen LogP contribution in [0.3, 0.4) is 0 Å². The van der Waals surface area contributed by atoms with E-state index in [2.05, 4.69) is 16.5 Å². The van der Waals surface area contributed by atoms with Crippen molar-refractivity contribution in [2.75, 3.05) is 11.5 Å². The van der Waals surface area contributed by atoms with Crippen LogP contribution in [-0.2, 0) is 24.1 Å². The van der Waals surface area contributed by atoms with Crippen molar-refractivity contribution >= 4 is 28.0 Å². The van der Waals surface area contributed by atoms with Crippen molar-refractivity contribution in [2.24, 2.45) is 5.92 Å². The predicted molar refractivity (Wildman–Crippen MR) is 119 cm³/mol. The lowest BCUT2D eigenvalue weighted by molar-refractivity contribution is 0.544. The van der Waals surface area contributed by atoms with E-state index in [0.29, 0.717) is 23.9 Å². The molecule has 0 spiro atoms. The van der Waals surface area contributed by atoms with Gasteiger partial charge in [0.1, 0.15) is 22.9 Å². The molecule has 2 heterocycles. The minimum absolute atomic E-state index is 0.0720. The van der Waals surface area contributed by atoms with Crippen LogP contribution in [0.1, 0.15) is 49.2 Å². The van der Waals surface area contributed by atoms with Crippen molar-refractivity contribution in [1.29, 1.82) is 0 Å². The molecule has 0 aliphatic heterocycles. The molecule has 1 aliphatic rings. The van der Waals surface area contributed by atoms with Crippen molar-refractivity contribution in [2.45, 2.75) is 63.8 Å². The summed E-state index contributed by atoms with van der Waals surface area (Å²) in [6.45, 7) is 4.83. The van der Waals surface area contributed by atoms with Gasteiger partial charge in [0.2, 0.25) is 0 Å². The molecule has 2 aromatic heterocycles. The number of nitrogens with two attached hydrogens (primary N) is 1. The van der Waals surface area contributed by atoms with Gasteiger partial charge in [0.05, 0.1) is 5.52 Å². The first-order valence-electron chi connectivity index (χ1n) is 10.8. The van der Waals surface area contributed by atoms with Crippen LogP contribution in [-0.4, -0.2) is 24.8 Å². The van der Waals surface area contributed by atoms with Crippen molar-refractivity contribution in [3.63, 3.8) is 0 Å². The fourth-order valence-corrected chi connectivity index (χ4v) is 5.16. The topological polar surface area (TPSA) is 79.8 Å². The van der Waals surface area contributed by atoms with Crippen LogP contribution >= 0.6 is 0 Å². The zero-order valence-corrected chi connectivity index (χ0v) is 18.8. The molecule has 2 N–H and O–H groups in total. The van der Waals surface area contributed by atoms with E-state index in [1.54, 1.807) is 0 Å². The minimum Gasteiger partial charge on any atom is -0.611 e. The highest BCUT2D eigenvalue weighted by molar-refractivity contribution is 7.91. The van der Waals surface area contributed by atoms with E-state index in [1.807, 2.05) is 6.92 Å². The monoisotopic (exact) mass is 446 g/mol. The second kappa shape index (κ2) is 9.12. The molecule has 1 saturated carbocycles. The molecule has 0 saturated heterocycles. The third-order valence-electron chi connectivity index (χ3n) is 5.99. The average molecular weight is 447 g/mol. The molecule has 31 heavy (non-hydrogen) atoms. The molecular formula is C23H28F2N4OS. The third kappa shape index (κ3) is 4.85. The number of hydrogen-bond donors (Lipinski definition) is 1. The summed E-state index contributed by atoms with van der Waals surface area (Å²) in [6.07, 6.45) is 5.92. The Kier molecular flexibility index (Phi) is 6.48. The Morgan fingerprint density at radius 2 is 1.94 bits per heavy atom. The molecule has 1 atom stereocenters. The van der Waals surface area contributed by atoms with E-state index in [4.69, 9.17) is 10.7 Å². The van der Waals surface area contributed by atoms with Gasteiger partial charge in [0.25, 0.3) is 0 Å².